The molecule has 0 saturated heterocycles. The molecule has 1 N–H and O–H groups in total. The summed E-state index contributed by atoms with van der Waals surface area (Å²) in [5, 5.41) is 4.27. The number of benzene rings is 1. The van der Waals surface area contributed by atoms with E-state index in [1.54, 1.807) is 7.11 Å². The number of nitrogens with one attached hydrogen (secondary N) is 1. The van der Waals surface area contributed by atoms with Crippen molar-refractivity contribution in [2.75, 3.05) is 33.9 Å². The Balaban J connectivity index is 2.41. The lowest BCUT2D eigenvalue weighted by Crippen LogP contribution is -2.39. The van der Waals surface area contributed by atoms with Gasteiger partial charge in [-0.2, -0.15) is 0 Å². The van der Waals surface area contributed by atoms with Gasteiger partial charge in [0.1, 0.15) is 0 Å². The number of nitrogens with zero attached hydrogens (tertiary/aromatic N) is 1. The number of halogens is 1. The van der Waals surface area contributed by atoms with Gasteiger partial charge in [-0.1, -0.05) is 23.7 Å². The summed E-state index contributed by atoms with van der Waals surface area (Å²) in [5.74, 6) is 0. The molecule has 0 heterocycles. The number of hydrogen-bond donors (Lipinski definition) is 1. The van der Waals surface area contributed by atoms with Gasteiger partial charge in [0, 0.05) is 37.4 Å². The Bertz CT molecular complexity index is 386. The molecular formula is C16H27ClN2O. The summed E-state index contributed by atoms with van der Waals surface area (Å²) in [6.07, 6.45) is 1.05. The van der Waals surface area contributed by atoms with Gasteiger partial charge in [0.05, 0.1) is 0 Å². The summed E-state index contributed by atoms with van der Waals surface area (Å²) in [4.78, 5) is 2.37. The zero-order valence-corrected chi connectivity index (χ0v) is 13.8. The summed E-state index contributed by atoms with van der Waals surface area (Å²) in [6, 6.07) is 8.91. The van der Waals surface area contributed by atoms with Gasteiger partial charge in [0.2, 0.25) is 0 Å². The van der Waals surface area contributed by atoms with Crippen LogP contribution >= 0.6 is 11.6 Å². The number of rotatable bonds is 9. The zero-order valence-electron chi connectivity index (χ0n) is 13.0. The molecule has 0 bridgehead atoms. The predicted octanol–water partition coefficient (Wildman–Crippen LogP) is 3.35. The summed E-state index contributed by atoms with van der Waals surface area (Å²) >= 11 is 6.06. The van der Waals surface area contributed by atoms with Crippen molar-refractivity contribution in [2.24, 2.45) is 0 Å². The Hall–Kier alpha value is -0.610. The lowest BCUT2D eigenvalue weighted by Gasteiger charge is -2.31. The van der Waals surface area contributed by atoms with Gasteiger partial charge in [-0.15, -0.1) is 0 Å². The Kier molecular flexibility index (Phi) is 8.15. The van der Waals surface area contributed by atoms with Gasteiger partial charge >= 0.3 is 0 Å². The second kappa shape index (κ2) is 9.35. The standard InChI is InChI=1S/C16H27ClN2O/c1-13(12-18-9-6-10-20-4)19(3)14(2)15-7-5-8-16(17)11-15/h5,7-8,11,13-14,18H,6,9-10,12H2,1-4H3. The van der Waals surface area contributed by atoms with Gasteiger partial charge in [-0.3, -0.25) is 4.90 Å². The Labute approximate surface area is 128 Å². The summed E-state index contributed by atoms with van der Waals surface area (Å²) < 4.78 is 5.04. The zero-order chi connectivity index (χ0) is 15.0. The highest BCUT2D eigenvalue weighted by atomic mass is 35.5. The first-order valence-electron chi connectivity index (χ1n) is 7.23. The lowest BCUT2D eigenvalue weighted by molar-refractivity contribution is 0.182. The van der Waals surface area contributed by atoms with E-state index >= 15 is 0 Å². The Morgan fingerprint density at radius 1 is 1.35 bits per heavy atom. The van der Waals surface area contributed by atoms with E-state index in [0.29, 0.717) is 12.1 Å². The molecule has 0 fully saturated rings. The van der Waals surface area contributed by atoms with Crippen LogP contribution in [-0.2, 0) is 4.74 Å². The second-order valence-corrected chi connectivity index (χ2v) is 5.73. The summed E-state index contributed by atoms with van der Waals surface area (Å²) in [5.41, 5.74) is 1.26. The number of likely N-dealkylation sites (N-methyl/N-ethyl adjacent to an activating group) is 1. The third kappa shape index (κ3) is 5.80. The third-order valence-corrected chi connectivity index (χ3v) is 4.01. The average molecular weight is 299 g/mol. The van der Waals surface area contributed by atoms with Crippen molar-refractivity contribution < 1.29 is 4.74 Å². The van der Waals surface area contributed by atoms with Crippen LogP contribution in [0.5, 0.6) is 0 Å². The van der Waals surface area contributed by atoms with Gasteiger partial charge in [0.25, 0.3) is 0 Å². The van der Waals surface area contributed by atoms with Gasteiger partial charge < -0.3 is 10.1 Å². The van der Waals surface area contributed by atoms with E-state index in [-0.39, 0.29) is 0 Å². The van der Waals surface area contributed by atoms with Crippen LogP contribution in [0, 0.1) is 0 Å². The minimum absolute atomic E-state index is 0.351. The van der Waals surface area contributed by atoms with Crippen molar-refractivity contribution in [3.63, 3.8) is 0 Å². The molecule has 3 nitrogen and oxygen atoms in total. The minimum atomic E-state index is 0.351. The molecule has 1 aromatic rings. The van der Waals surface area contributed by atoms with E-state index in [4.69, 9.17) is 16.3 Å². The van der Waals surface area contributed by atoms with E-state index in [2.05, 4.69) is 37.2 Å². The van der Waals surface area contributed by atoms with Crippen molar-refractivity contribution in [1.29, 1.82) is 0 Å². The van der Waals surface area contributed by atoms with Crippen LogP contribution < -0.4 is 5.32 Å². The van der Waals surface area contributed by atoms with Crippen molar-refractivity contribution in [3.8, 4) is 0 Å². The molecule has 114 valence electrons. The molecule has 1 aromatic carbocycles. The average Bonchev–Trinajstić information content (AvgIpc) is 2.45. The highest BCUT2D eigenvalue weighted by Gasteiger charge is 2.17. The molecule has 1 rings (SSSR count). The maximum absolute atomic E-state index is 6.06. The molecule has 0 radical (unpaired) electrons. The molecule has 0 aliphatic heterocycles. The van der Waals surface area contributed by atoms with Crippen molar-refractivity contribution in [3.05, 3.63) is 34.9 Å². The third-order valence-electron chi connectivity index (χ3n) is 3.78. The van der Waals surface area contributed by atoms with Crippen LogP contribution in [0.1, 0.15) is 31.9 Å². The summed E-state index contributed by atoms with van der Waals surface area (Å²) in [6.45, 7) is 7.25. The fourth-order valence-electron chi connectivity index (χ4n) is 2.18. The van der Waals surface area contributed by atoms with E-state index in [1.165, 1.54) is 5.56 Å². The molecule has 0 saturated carbocycles. The fraction of sp³-hybridized carbons (Fsp3) is 0.625. The number of hydrogen-bond acceptors (Lipinski definition) is 3. The van der Waals surface area contributed by atoms with Gasteiger partial charge in [-0.25, -0.2) is 0 Å². The van der Waals surface area contributed by atoms with Gasteiger partial charge in [-0.05, 0) is 51.6 Å². The quantitative estimate of drug-likeness (QED) is 0.708. The van der Waals surface area contributed by atoms with Crippen molar-refractivity contribution in [1.82, 2.24) is 10.2 Å². The molecule has 0 aliphatic carbocycles. The topological polar surface area (TPSA) is 24.5 Å². The van der Waals surface area contributed by atoms with Crippen LogP contribution in [-0.4, -0.2) is 44.8 Å². The first kappa shape index (κ1) is 17.4. The smallest absolute Gasteiger partial charge is 0.0474 e. The molecule has 2 atom stereocenters. The van der Waals surface area contributed by atoms with E-state index in [9.17, 15) is 0 Å². The molecule has 0 aliphatic rings. The molecule has 4 heteroatoms. The minimum Gasteiger partial charge on any atom is -0.385 e. The highest BCUT2D eigenvalue weighted by Crippen LogP contribution is 2.23. The van der Waals surface area contributed by atoms with E-state index < -0.39 is 0 Å². The molecule has 20 heavy (non-hydrogen) atoms. The second-order valence-electron chi connectivity index (χ2n) is 5.30. The van der Waals surface area contributed by atoms with Crippen LogP contribution in [0.3, 0.4) is 0 Å². The SMILES string of the molecule is COCCCNCC(C)N(C)C(C)c1cccc(Cl)c1. The lowest BCUT2D eigenvalue weighted by atomic mass is 10.1. The molecule has 2 unspecified atom stereocenters. The van der Waals surface area contributed by atoms with Crippen LogP contribution in [0.25, 0.3) is 0 Å². The molecule has 0 spiro atoms. The molecule has 0 amide bonds. The highest BCUT2D eigenvalue weighted by molar-refractivity contribution is 6.30. The Morgan fingerprint density at radius 2 is 2.10 bits per heavy atom. The maximum atomic E-state index is 6.06. The monoisotopic (exact) mass is 298 g/mol. The fourth-order valence-corrected chi connectivity index (χ4v) is 2.38. The van der Waals surface area contributed by atoms with E-state index in [1.807, 2.05) is 18.2 Å². The van der Waals surface area contributed by atoms with E-state index in [0.717, 1.165) is 31.1 Å². The number of ether oxygens (including phenoxy) is 1. The number of methoxy groups -OCH3 is 1. The summed E-state index contributed by atoms with van der Waals surface area (Å²) in [7, 11) is 3.90. The molecular weight excluding hydrogens is 272 g/mol. The van der Waals surface area contributed by atoms with Crippen molar-refractivity contribution in [2.45, 2.75) is 32.4 Å². The first-order chi connectivity index (χ1) is 9.56. The first-order valence-corrected chi connectivity index (χ1v) is 7.61. The van der Waals surface area contributed by atoms with Crippen molar-refractivity contribution >= 4 is 11.6 Å². The largest absolute Gasteiger partial charge is 0.385 e. The molecule has 0 aromatic heterocycles. The van der Waals surface area contributed by atoms with Crippen LogP contribution in [0.15, 0.2) is 24.3 Å². The van der Waals surface area contributed by atoms with Gasteiger partial charge in [0.15, 0.2) is 0 Å². The van der Waals surface area contributed by atoms with Crippen LogP contribution in [0.4, 0.5) is 0 Å². The maximum Gasteiger partial charge on any atom is 0.0474 e. The van der Waals surface area contributed by atoms with Crippen LogP contribution in [0.2, 0.25) is 5.02 Å². The normalized spacial score (nSPS) is 14.5. The Morgan fingerprint density at radius 3 is 2.75 bits per heavy atom. The predicted molar refractivity (Wildman–Crippen MR) is 86.5 cm³/mol.